The van der Waals surface area contributed by atoms with E-state index in [0.29, 0.717) is 34.1 Å². The number of rotatable bonds is 6. The molecule has 3 aromatic carbocycles. The largest absolute Gasteiger partial charge is 0.497 e. The third kappa shape index (κ3) is 3.27. The molecule has 0 spiro atoms. The lowest BCUT2D eigenvalue weighted by Crippen LogP contribution is -2.41. The monoisotopic (exact) mass is 431 g/mol. The van der Waals surface area contributed by atoms with Gasteiger partial charge in [-0.2, -0.15) is 0 Å². The van der Waals surface area contributed by atoms with Gasteiger partial charge in [0.15, 0.2) is 22.9 Å². The molecule has 1 atom stereocenters. The summed E-state index contributed by atoms with van der Waals surface area (Å²) in [6.07, 6.45) is -0.354. The number of Topliss-reactive ketones (excluding diaryl/α,β-unsaturated/α-hetero) is 1. The van der Waals surface area contributed by atoms with Crippen molar-refractivity contribution in [3.8, 4) is 17.2 Å². The molecular formula is C25H21NO6. The summed E-state index contributed by atoms with van der Waals surface area (Å²) >= 11 is 0. The third-order valence-corrected chi connectivity index (χ3v) is 5.85. The number of aliphatic hydroxyl groups is 1. The predicted octanol–water partition coefficient (Wildman–Crippen LogP) is 3.43. The predicted molar refractivity (Wildman–Crippen MR) is 116 cm³/mol. The van der Waals surface area contributed by atoms with Crippen molar-refractivity contribution >= 4 is 17.4 Å². The van der Waals surface area contributed by atoms with E-state index in [2.05, 4.69) is 0 Å². The van der Waals surface area contributed by atoms with Gasteiger partial charge in [-0.25, -0.2) is 0 Å². The average molecular weight is 431 g/mol. The number of anilines is 1. The molecule has 0 bridgehead atoms. The van der Waals surface area contributed by atoms with Crippen molar-refractivity contribution in [3.63, 3.8) is 0 Å². The number of hydrogen-bond donors (Lipinski definition) is 1. The Morgan fingerprint density at radius 2 is 1.81 bits per heavy atom. The van der Waals surface area contributed by atoms with Crippen LogP contribution in [0.15, 0.2) is 66.7 Å². The van der Waals surface area contributed by atoms with E-state index in [4.69, 9.17) is 14.2 Å². The van der Waals surface area contributed by atoms with E-state index < -0.39 is 11.5 Å². The van der Waals surface area contributed by atoms with E-state index in [9.17, 15) is 14.7 Å². The van der Waals surface area contributed by atoms with Crippen molar-refractivity contribution in [3.05, 3.63) is 83.4 Å². The molecule has 3 aromatic rings. The highest BCUT2D eigenvalue weighted by Gasteiger charge is 2.50. The summed E-state index contributed by atoms with van der Waals surface area (Å²) in [7, 11) is 1.54. The molecule has 162 valence electrons. The van der Waals surface area contributed by atoms with Crippen molar-refractivity contribution < 1.29 is 28.9 Å². The maximum atomic E-state index is 13.4. The quantitative estimate of drug-likeness (QED) is 0.602. The zero-order valence-corrected chi connectivity index (χ0v) is 17.4. The zero-order valence-electron chi connectivity index (χ0n) is 17.4. The molecule has 2 aliphatic rings. The maximum Gasteiger partial charge on any atom is 0.264 e. The molecule has 0 aliphatic carbocycles. The minimum atomic E-state index is -1.94. The van der Waals surface area contributed by atoms with Crippen LogP contribution in [0.2, 0.25) is 0 Å². The van der Waals surface area contributed by atoms with Gasteiger partial charge in [-0.3, -0.25) is 9.59 Å². The van der Waals surface area contributed by atoms with Crippen LogP contribution in [0.25, 0.3) is 0 Å². The smallest absolute Gasteiger partial charge is 0.264 e. The molecular weight excluding hydrogens is 410 g/mol. The fraction of sp³-hybridized carbons (Fsp3) is 0.200. The minimum absolute atomic E-state index is 0.164. The zero-order chi connectivity index (χ0) is 22.3. The van der Waals surface area contributed by atoms with Crippen molar-refractivity contribution in [2.24, 2.45) is 0 Å². The average Bonchev–Trinajstić information content (AvgIpc) is 3.36. The fourth-order valence-corrected chi connectivity index (χ4v) is 4.17. The number of para-hydroxylation sites is 1. The first-order chi connectivity index (χ1) is 15.5. The summed E-state index contributed by atoms with van der Waals surface area (Å²) in [5.41, 5.74) is 0.291. The number of methoxy groups -OCH3 is 1. The Labute approximate surface area is 184 Å². The van der Waals surface area contributed by atoms with Crippen LogP contribution in [-0.4, -0.2) is 30.7 Å². The standard InChI is InChI=1S/C25H21NO6/c1-30-18-9-7-17(8-10-18)21(27)13-25(29)19-4-2-3-5-20(19)26(24(25)28)14-16-6-11-22-23(12-16)32-15-31-22/h2-12,29H,13-15H2,1H3/t25-/m1/s1. The van der Waals surface area contributed by atoms with Crippen LogP contribution in [0.5, 0.6) is 17.2 Å². The molecule has 0 fully saturated rings. The van der Waals surface area contributed by atoms with E-state index in [1.54, 1.807) is 61.7 Å². The Hall–Kier alpha value is -3.84. The van der Waals surface area contributed by atoms with Crippen LogP contribution in [0.3, 0.4) is 0 Å². The van der Waals surface area contributed by atoms with Crippen molar-refractivity contribution in [2.75, 3.05) is 18.8 Å². The topological polar surface area (TPSA) is 85.3 Å². The number of ketones is 1. The lowest BCUT2D eigenvalue weighted by atomic mass is 9.88. The lowest BCUT2D eigenvalue weighted by molar-refractivity contribution is -0.136. The number of amides is 1. The third-order valence-electron chi connectivity index (χ3n) is 5.85. The van der Waals surface area contributed by atoms with Gasteiger partial charge in [0, 0.05) is 11.1 Å². The molecule has 1 N–H and O–H groups in total. The van der Waals surface area contributed by atoms with Gasteiger partial charge in [0.2, 0.25) is 6.79 Å². The second-order valence-corrected chi connectivity index (χ2v) is 7.78. The number of carbonyl (C=O) groups is 2. The van der Waals surface area contributed by atoms with E-state index in [1.165, 1.54) is 4.90 Å². The fourth-order valence-electron chi connectivity index (χ4n) is 4.17. The van der Waals surface area contributed by atoms with Crippen LogP contribution >= 0.6 is 0 Å². The van der Waals surface area contributed by atoms with Gasteiger partial charge in [0.1, 0.15) is 5.75 Å². The Bertz CT molecular complexity index is 1210. The molecule has 0 saturated carbocycles. The first-order valence-electron chi connectivity index (χ1n) is 10.2. The molecule has 0 saturated heterocycles. The molecule has 2 heterocycles. The van der Waals surface area contributed by atoms with Crippen molar-refractivity contribution in [2.45, 2.75) is 18.6 Å². The van der Waals surface area contributed by atoms with Gasteiger partial charge in [-0.1, -0.05) is 24.3 Å². The van der Waals surface area contributed by atoms with Gasteiger partial charge < -0.3 is 24.2 Å². The molecule has 1 amide bonds. The normalized spacial score (nSPS) is 18.6. The molecule has 32 heavy (non-hydrogen) atoms. The Morgan fingerprint density at radius 1 is 1.06 bits per heavy atom. The van der Waals surface area contributed by atoms with Crippen LogP contribution in [0.1, 0.15) is 27.9 Å². The summed E-state index contributed by atoms with van der Waals surface area (Å²) in [6.45, 7) is 0.392. The summed E-state index contributed by atoms with van der Waals surface area (Å²) in [5, 5.41) is 11.5. The summed E-state index contributed by atoms with van der Waals surface area (Å²) < 4.78 is 15.9. The van der Waals surface area contributed by atoms with Crippen LogP contribution in [0.4, 0.5) is 5.69 Å². The number of nitrogens with zero attached hydrogens (tertiary/aromatic N) is 1. The number of ether oxygens (including phenoxy) is 3. The van der Waals surface area contributed by atoms with Crippen LogP contribution in [0, 0.1) is 0 Å². The van der Waals surface area contributed by atoms with E-state index >= 15 is 0 Å². The maximum absolute atomic E-state index is 13.4. The van der Waals surface area contributed by atoms with Gasteiger partial charge in [0.05, 0.1) is 25.8 Å². The number of carbonyl (C=O) groups excluding carboxylic acids is 2. The van der Waals surface area contributed by atoms with Crippen LogP contribution in [-0.2, 0) is 16.9 Å². The SMILES string of the molecule is COc1ccc(C(=O)C[C@]2(O)C(=O)N(Cc3ccc4c(c3)OCO4)c3ccccc32)cc1. The molecule has 5 rings (SSSR count). The molecule has 0 aromatic heterocycles. The van der Waals surface area contributed by atoms with Gasteiger partial charge in [-0.15, -0.1) is 0 Å². The second-order valence-electron chi connectivity index (χ2n) is 7.78. The Kier molecular flexibility index (Phi) is 4.83. The van der Waals surface area contributed by atoms with Crippen molar-refractivity contribution in [1.82, 2.24) is 0 Å². The van der Waals surface area contributed by atoms with Gasteiger partial charge in [0.25, 0.3) is 5.91 Å². The molecule has 7 heteroatoms. The summed E-state index contributed by atoms with van der Waals surface area (Å²) in [6, 6.07) is 19.1. The number of benzene rings is 3. The molecule has 2 aliphatic heterocycles. The molecule has 0 radical (unpaired) electrons. The number of hydrogen-bond acceptors (Lipinski definition) is 6. The second kappa shape index (κ2) is 7.69. The highest BCUT2D eigenvalue weighted by atomic mass is 16.7. The van der Waals surface area contributed by atoms with Crippen LogP contribution < -0.4 is 19.1 Å². The van der Waals surface area contributed by atoms with E-state index in [-0.39, 0.29) is 25.5 Å². The minimum Gasteiger partial charge on any atom is -0.497 e. The lowest BCUT2D eigenvalue weighted by Gasteiger charge is -2.23. The van der Waals surface area contributed by atoms with Gasteiger partial charge >= 0.3 is 0 Å². The first kappa shape index (κ1) is 20.1. The Balaban J connectivity index is 1.44. The highest BCUT2D eigenvalue weighted by Crippen LogP contribution is 2.44. The molecule has 7 nitrogen and oxygen atoms in total. The van der Waals surface area contributed by atoms with E-state index in [0.717, 1.165) is 5.56 Å². The first-order valence-corrected chi connectivity index (χ1v) is 10.2. The van der Waals surface area contributed by atoms with Gasteiger partial charge in [-0.05, 0) is 48.0 Å². The van der Waals surface area contributed by atoms with E-state index in [1.807, 2.05) is 12.1 Å². The molecule has 0 unspecified atom stereocenters. The Morgan fingerprint density at radius 3 is 2.59 bits per heavy atom. The summed E-state index contributed by atoms with van der Waals surface area (Å²) in [5.74, 6) is 1.04. The highest BCUT2D eigenvalue weighted by molar-refractivity contribution is 6.10. The number of fused-ring (bicyclic) bond motifs is 2. The summed E-state index contributed by atoms with van der Waals surface area (Å²) in [4.78, 5) is 27.9. The van der Waals surface area contributed by atoms with Crippen molar-refractivity contribution in [1.29, 1.82) is 0 Å².